The van der Waals surface area contributed by atoms with Crippen molar-refractivity contribution in [2.24, 2.45) is 5.92 Å². The van der Waals surface area contributed by atoms with Gasteiger partial charge in [0.15, 0.2) is 0 Å². The molecule has 0 radical (unpaired) electrons. The van der Waals surface area contributed by atoms with E-state index in [0.717, 1.165) is 6.42 Å². The molecule has 2 rings (SSSR count). The van der Waals surface area contributed by atoms with Crippen LogP contribution in [-0.2, 0) is 6.42 Å². The predicted molar refractivity (Wildman–Crippen MR) is 67.6 cm³/mol. The van der Waals surface area contributed by atoms with Crippen molar-refractivity contribution in [2.75, 3.05) is 0 Å². The molecule has 88 valence electrons. The third kappa shape index (κ3) is 2.65. The van der Waals surface area contributed by atoms with E-state index in [-0.39, 0.29) is 0 Å². The summed E-state index contributed by atoms with van der Waals surface area (Å²) in [6, 6.07) is 8.68. The van der Waals surface area contributed by atoms with Gasteiger partial charge < -0.3 is 5.11 Å². The van der Waals surface area contributed by atoms with Crippen molar-refractivity contribution in [3.05, 3.63) is 35.4 Å². The Morgan fingerprint density at radius 3 is 2.25 bits per heavy atom. The molecule has 0 heterocycles. The van der Waals surface area contributed by atoms with E-state index in [9.17, 15) is 5.11 Å². The molecule has 0 aromatic heterocycles. The zero-order chi connectivity index (χ0) is 11.8. The molecule has 1 N–H and O–H groups in total. The van der Waals surface area contributed by atoms with Crippen LogP contribution in [0.4, 0.5) is 0 Å². The van der Waals surface area contributed by atoms with Crippen molar-refractivity contribution in [1.82, 2.24) is 0 Å². The molecule has 16 heavy (non-hydrogen) atoms. The zero-order valence-corrected chi connectivity index (χ0v) is 10.5. The Bertz CT molecular complexity index is 344. The Morgan fingerprint density at radius 2 is 1.81 bits per heavy atom. The molecule has 0 aliphatic heterocycles. The number of benzene rings is 1. The first-order chi connectivity index (χ1) is 7.49. The van der Waals surface area contributed by atoms with Gasteiger partial charge >= 0.3 is 0 Å². The van der Waals surface area contributed by atoms with Crippen molar-refractivity contribution in [3.63, 3.8) is 0 Å². The second-order valence-corrected chi connectivity index (χ2v) is 5.70. The van der Waals surface area contributed by atoms with Crippen LogP contribution in [0.1, 0.15) is 50.7 Å². The summed E-state index contributed by atoms with van der Waals surface area (Å²) < 4.78 is 0. The average molecular weight is 218 g/mol. The Balaban J connectivity index is 2.04. The van der Waals surface area contributed by atoms with Gasteiger partial charge in [-0.15, -0.1) is 0 Å². The van der Waals surface area contributed by atoms with Crippen molar-refractivity contribution in [2.45, 2.75) is 51.6 Å². The molecule has 1 aliphatic carbocycles. The van der Waals surface area contributed by atoms with Crippen LogP contribution in [0.3, 0.4) is 0 Å². The van der Waals surface area contributed by atoms with E-state index < -0.39 is 5.60 Å². The predicted octanol–water partition coefficient (Wildman–Crippen LogP) is 3.51. The van der Waals surface area contributed by atoms with Crippen LogP contribution in [-0.4, -0.2) is 10.7 Å². The highest BCUT2D eigenvalue weighted by molar-refractivity contribution is 5.26. The maximum absolute atomic E-state index is 10.3. The molecule has 1 fully saturated rings. The highest BCUT2D eigenvalue weighted by Crippen LogP contribution is 2.41. The lowest BCUT2D eigenvalue weighted by Gasteiger charge is -2.23. The second kappa shape index (κ2) is 4.21. The van der Waals surface area contributed by atoms with Gasteiger partial charge in [0, 0.05) is 6.42 Å². The van der Waals surface area contributed by atoms with Crippen LogP contribution in [0.15, 0.2) is 24.3 Å². The van der Waals surface area contributed by atoms with Gasteiger partial charge in [0.05, 0.1) is 5.60 Å². The standard InChI is InChI=1S/C15H22O/c1-11(2)13-6-4-12(5-7-13)10-15(3,16)14-8-9-14/h4-7,11,14,16H,8-10H2,1-3H3. The van der Waals surface area contributed by atoms with Gasteiger partial charge in [0.2, 0.25) is 0 Å². The summed E-state index contributed by atoms with van der Waals surface area (Å²) >= 11 is 0. The summed E-state index contributed by atoms with van der Waals surface area (Å²) in [7, 11) is 0. The first kappa shape index (κ1) is 11.7. The fraction of sp³-hybridized carbons (Fsp3) is 0.600. The Labute approximate surface area is 98.5 Å². The van der Waals surface area contributed by atoms with E-state index in [1.165, 1.54) is 24.0 Å². The van der Waals surface area contributed by atoms with Crippen LogP contribution in [0.2, 0.25) is 0 Å². The quantitative estimate of drug-likeness (QED) is 0.820. The van der Waals surface area contributed by atoms with Crippen molar-refractivity contribution < 1.29 is 5.11 Å². The Kier molecular flexibility index (Phi) is 3.07. The number of hydrogen-bond acceptors (Lipinski definition) is 1. The fourth-order valence-electron chi connectivity index (χ4n) is 2.28. The van der Waals surface area contributed by atoms with Crippen LogP contribution in [0.5, 0.6) is 0 Å². The van der Waals surface area contributed by atoms with Crippen molar-refractivity contribution >= 4 is 0 Å². The molecular formula is C15H22O. The third-order valence-corrected chi connectivity index (χ3v) is 3.67. The summed E-state index contributed by atoms with van der Waals surface area (Å²) in [6.07, 6.45) is 3.17. The minimum Gasteiger partial charge on any atom is -0.390 e. The van der Waals surface area contributed by atoms with Gasteiger partial charge in [-0.25, -0.2) is 0 Å². The van der Waals surface area contributed by atoms with Crippen LogP contribution in [0, 0.1) is 5.92 Å². The van der Waals surface area contributed by atoms with Gasteiger partial charge in [-0.2, -0.15) is 0 Å². The molecule has 0 saturated heterocycles. The maximum Gasteiger partial charge on any atom is 0.0687 e. The monoisotopic (exact) mass is 218 g/mol. The lowest BCUT2D eigenvalue weighted by atomic mass is 9.90. The summed E-state index contributed by atoms with van der Waals surface area (Å²) in [4.78, 5) is 0. The SMILES string of the molecule is CC(C)c1ccc(CC(C)(O)C2CC2)cc1. The van der Waals surface area contributed by atoms with E-state index in [4.69, 9.17) is 0 Å². The fourth-order valence-corrected chi connectivity index (χ4v) is 2.28. The van der Waals surface area contributed by atoms with E-state index in [0.29, 0.717) is 11.8 Å². The largest absolute Gasteiger partial charge is 0.390 e. The van der Waals surface area contributed by atoms with E-state index >= 15 is 0 Å². The van der Waals surface area contributed by atoms with Gasteiger partial charge in [0.1, 0.15) is 0 Å². The Morgan fingerprint density at radius 1 is 1.25 bits per heavy atom. The first-order valence-corrected chi connectivity index (χ1v) is 6.30. The minimum atomic E-state index is -0.501. The zero-order valence-electron chi connectivity index (χ0n) is 10.5. The van der Waals surface area contributed by atoms with Crippen LogP contribution in [0.25, 0.3) is 0 Å². The summed E-state index contributed by atoms with van der Waals surface area (Å²) in [6.45, 7) is 6.38. The second-order valence-electron chi connectivity index (χ2n) is 5.70. The van der Waals surface area contributed by atoms with Crippen molar-refractivity contribution in [1.29, 1.82) is 0 Å². The lowest BCUT2D eigenvalue weighted by Crippen LogP contribution is -2.29. The summed E-state index contributed by atoms with van der Waals surface area (Å²) in [5, 5.41) is 10.3. The molecule has 1 aromatic carbocycles. The lowest BCUT2D eigenvalue weighted by molar-refractivity contribution is 0.0372. The number of aliphatic hydroxyl groups is 1. The van der Waals surface area contributed by atoms with Crippen LogP contribution < -0.4 is 0 Å². The molecule has 0 spiro atoms. The first-order valence-electron chi connectivity index (χ1n) is 6.30. The molecule has 1 aliphatic rings. The smallest absolute Gasteiger partial charge is 0.0687 e. The molecule has 1 saturated carbocycles. The molecule has 0 bridgehead atoms. The minimum absolute atomic E-state index is 0.501. The highest BCUT2D eigenvalue weighted by Gasteiger charge is 2.39. The summed E-state index contributed by atoms with van der Waals surface area (Å²) in [5.41, 5.74) is 2.12. The summed E-state index contributed by atoms with van der Waals surface area (Å²) in [5.74, 6) is 1.11. The number of hydrogen-bond donors (Lipinski definition) is 1. The van der Waals surface area contributed by atoms with Crippen molar-refractivity contribution in [3.8, 4) is 0 Å². The molecular weight excluding hydrogens is 196 g/mol. The van der Waals surface area contributed by atoms with Gasteiger partial charge in [-0.3, -0.25) is 0 Å². The van der Waals surface area contributed by atoms with E-state index in [2.05, 4.69) is 38.1 Å². The van der Waals surface area contributed by atoms with Crippen LogP contribution >= 0.6 is 0 Å². The third-order valence-electron chi connectivity index (χ3n) is 3.67. The average Bonchev–Trinajstić information content (AvgIpc) is 3.01. The molecule has 0 amide bonds. The molecule has 1 unspecified atom stereocenters. The molecule has 1 nitrogen and oxygen atoms in total. The molecule has 1 heteroatoms. The van der Waals surface area contributed by atoms with Gasteiger partial charge in [-0.1, -0.05) is 38.1 Å². The van der Waals surface area contributed by atoms with E-state index in [1.807, 2.05) is 6.92 Å². The topological polar surface area (TPSA) is 20.2 Å². The highest BCUT2D eigenvalue weighted by atomic mass is 16.3. The Hall–Kier alpha value is -0.820. The number of rotatable bonds is 4. The maximum atomic E-state index is 10.3. The van der Waals surface area contributed by atoms with Gasteiger partial charge in [0.25, 0.3) is 0 Å². The normalized spacial score (nSPS) is 19.8. The van der Waals surface area contributed by atoms with E-state index in [1.54, 1.807) is 0 Å². The molecule has 1 aromatic rings. The van der Waals surface area contributed by atoms with Gasteiger partial charge in [-0.05, 0) is 42.7 Å². The molecule has 1 atom stereocenters.